The van der Waals surface area contributed by atoms with Gasteiger partial charge in [0.05, 0.1) is 0 Å². The van der Waals surface area contributed by atoms with Gasteiger partial charge in [-0.25, -0.2) is 0 Å². The van der Waals surface area contributed by atoms with E-state index in [1.165, 1.54) is 12.0 Å². The molecule has 1 aromatic rings. The molecule has 21 heavy (non-hydrogen) atoms. The lowest BCUT2D eigenvalue weighted by atomic mass is 9.76. The molecule has 2 fully saturated rings. The van der Waals surface area contributed by atoms with Crippen LogP contribution in [0.25, 0.3) is 0 Å². The first kappa shape index (κ1) is 14.5. The van der Waals surface area contributed by atoms with Crippen LogP contribution >= 0.6 is 0 Å². The number of carbonyl (C=O) groups excluding carboxylic acids is 1. The van der Waals surface area contributed by atoms with Crippen LogP contribution in [-0.2, 0) is 4.79 Å². The van der Waals surface area contributed by atoms with Crippen LogP contribution in [0.15, 0.2) is 43.0 Å². The Morgan fingerprint density at radius 2 is 2.10 bits per heavy atom. The highest BCUT2D eigenvalue weighted by Gasteiger charge is 2.53. The van der Waals surface area contributed by atoms with Crippen molar-refractivity contribution in [1.82, 2.24) is 4.90 Å². The standard InChI is InChI=1S/C19H25NO/c1-3-13-20-16(15-9-5-4-6-10-15)14-19(2)17(20)11-7-8-12-18(19)21/h3-6,9-10,16-17H,1,7-8,11-14H2,2H3/t16-,17-,19-/m0/s1. The van der Waals surface area contributed by atoms with Crippen LogP contribution in [0.2, 0.25) is 0 Å². The second kappa shape index (κ2) is 5.76. The molecule has 0 unspecified atom stereocenters. The zero-order valence-corrected chi connectivity index (χ0v) is 12.9. The Morgan fingerprint density at radius 1 is 1.33 bits per heavy atom. The molecule has 0 amide bonds. The molecule has 1 saturated heterocycles. The smallest absolute Gasteiger partial charge is 0.140 e. The van der Waals surface area contributed by atoms with Crippen molar-refractivity contribution in [2.45, 2.75) is 51.1 Å². The van der Waals surface area contributed by atoms with Gasteiger partial charge in [-0.3, -0.25) is 9.69 Å². The SMILES string of the molecule is C=CCN1[C@H]2CCCCC(=O)[C@@]2(C)C[C@H]1c1ccccc1. The number of nitrogens with zero attached hydrogens (tertiary/aromatic N) is 1. The molecule has 1 heterocycles. The molecular weight excluding hydrogens is 258 g/mol. The molecule has 1 aliphatic carbocycles. The molecule has 0 N–H and O–H groups in total. The third-order valence-corrected chi connectivity index (χ3v) is 5.45. The highest BCUT2D eigenvalue weighted by Crippen LogP contribution is 2.51. The molecular formula is C19H25NO. The molecule has 0 radical (unpaired) electrons. The number of rotatable bonds is 3. The van der Waals surface area contributed by atoms with E-state index in [2.05, 4.69) is 48.7 Å². The quantitative estimate of drug-likeness (QED) is 0.777. The first-order valence-corrected chi connectivity index (χ1v) is 8.11. The van der Waals surface area contributed by atoms with E-state index in [4.69, 9.17) is 0 Å². The van der Waals surface area contributed by atoms with E-state index in [1.807, 2.05) is 6.08 Å². The molecule has 3 atom stereocenters. The fourth-order valence-electron chi connectivity index (χ4n) is 4.32. The molecule has 0 spiro atoms. The summed E-state index contributed by atoms with van der Waals surface area (Å²) in [6, 6.07) is 11.4. The average Bonchev–Trinajstić information content (AvgIpc) is 2.70. The molecule has 1 aliphatic heterocycles. The largest absolute Gasteiger partial charge is 0.299 e. The van der Waals surface area contributed by atoms with Gasteiger partial charge in [0.15, 0.2) is 0 Å². The minimum Gasteiger partial charge on any atom is -0.299 e. The van der Waals surface area contributed by atoms with Gasteiger partial charge in [-0.05, 0) is 24.8 Å². The number of benzene rings is 1. The number of Topliss-reactive ketones (excluding diaryl/α,β-unsaturated/α-hetero) is 1. The van der Waals surface area contributed by atoms with Crippen molar-refractivity contribution >= 4 is 5.78 Å². The van der Waals surface area contributed by atoms with E-state index in [0.29, 0.717) is 17.9 Å². The Labute approximate surface area is 127 Å². The van der Waals surface area contributed by atoms with E-state index < -0.39 is 0 Å². The summed E-state index contributed by atoms with van der Waals surface area (Å²) in [6.07, 6.45) is 7.06. The summed E-state index contributed by atoms with van der Waals surface area (Å²) in [4.78, 5) is 15.2. The molecule has 112 valence electrons. The molecule has 1 aromatic carbocycles. The van der Waals surface area contributed by atoms with E-state index in [0.717, 1.165) is 32.2 Å². The lowest BCUT2D eigenvalue weighted by molar-refractivity contribution is -0.128. The summed E-state index contributed by atoms with van der Waals surface area (Å²) in [5, 5.41) is 0. The maximum atomic E-state index is 12.7. The van der Waals surface area contributed by atoms with Gasteiger partial charge >= 0.3 is 0 Å². The normalized spacial score (nSPS) is 33.5. The highest BCUT2D eigenvalue weighted by atomic mass is 16.1. The van der Waals surface area contributed by atoms with Crippen LogP contribution in [0.1, 0.15) is 50.6 Å². The predicted molar refractivity (Wildman–Crippen MR) is 86.1 cm³/mol. The van der Waals surface area contributed by atoms with Gasteiger partial charge in [0, 0.05) is 30.5 Å². The second-order valence-corrected chi connectivity index (χ2v) is 6.72. The van der Waals surface area contributed by atoms with Gasteiger partial charge in [0.2, 0.25) is 0 Å². The van der Waals surface area contributed by atoms with E-state index in [1.54, 1.807) is 0 Å². The van der Waals surface area contributed by atoms with E-state index in [9.17, 15) is 4.79 Å². The predicted octanol–water partition coefficient (Wildman–Crippen LogP) is 4.14. The Morgan fingerprint density at radius 3 is 2.81 bits per heavy atom. The van der Waals surface area contributed by atoms with Crippen LogP contribution in [0.3, 0.4) is 0 Å². The van der Waals surface area contributed by atoms with Gasteiger partial charge in [-0.15, -0.1) is 6.58 Å². The van der Waals surface area contributed by atoms with Crippen molar-refractivity contribution in [2.24, 2.45) is 5.41 Å². The van der Waals surface area contributed by atoms with Crippen molar-refractivity contribution in [1.29, 1.82) is 0 Å². The first-order valence-electron chi connectivity index (χ1n) is 8.11. The van der Waals surface area contributed by atoms with Gasteiger partial charge in [0.1, 0.15) is 5.78 Å². The topological polar surface area (TPSA) is 20.3 Å². The Bertz CT molecular complexity index is 524. The van der Waals surface area contributed by atoms with Crippen molar-refractivity contribution < 1.29 is 4.79 Å². The Balaban J connectivity index is 1.99. The van der Waals surface area contributed by atoms with Crippen molar-refractivity contribution in [3.8, 4) is 0 Å². The summed E-state index contributed by atoms with van der Waals surface area (Å²) in [5.74, 6) is 0.470. The number of carbonyl (C=O) groups is 1. The zero-order chi connectivity index (χ0) is 14.9. The minimum absolute atomic E-state index is 0.181. The molecule has 2 aliphatic rings. The summed E-state index contributed by atoms with van der Waals surface area (Å²) in [5.41, 5.74) is 1.15. The van der Waals surface area contributed by atoms with Crippen LogP contribution in [0, 0.1) is 5.41 Å². The highest BCUT2D eigenvalue weighted by molar-refractivity contribution is 5.86. The maximum Gasteiger partial charge on any atom is 0.140 e. The van der Waals surface area contributed by atoms with Crippen LogP contribution in [0.4, 0.5) is 0 Å². The fourth-order valence-corrected chi connectivity index (χ4v) is 4.32. The number of hydrogen-bond acceptors (Lipinski definition) is 2. The van der Waals surface area contributed by atoms with Gasteiger partial charge in [-0.1, -0.05) is 49.8 Å². The maximum absolute atomic E-state index is 12.7. The third-order valence-electron chi connectivity index (χ3n) is 5.45. The third kappa shape index (κ3) is 2.46. The average molecular weight is 283 g/mol. The summed E-state index contributed by atoms with van der Waals surface area (Å²) >= 11 is 0. The lowest BCUT2D eigenvalue weighted by Crippen LogP contribution is -2.41. The lowest BCUT2D eigenvalue weighted by Gasteiger charge is -2.33. The number of ketones is 1. The van der Waals surface area contributed by atoms with Crippen molar-refractivity contribution in [3.05, 3.63) is 48.6 Å². The van der Waals surface area contributed by atoms with Crippen LogP contribution < -0.4 is 0 Å². The Kier molecular flexibility index (Phi) is 3.99. The molecule has 2 heteroatoms. The van der Waals surface area contributed by atoms with Crippen LogP contribution in [-0.4, -0.2) is 23.3 Å². The molecule has 2 nitrogen and oxygen atoms in total. The summed E-state index contributed by atoms with van der Waals surface area (Å²) in [7, 11) is 0. The van der Waals surface area contributed by atoms with Crippen molar-refractivity contribution in [3.63, 3.8) is 0 Å². The second-order valence-electron chi connectivity index (χ2n) is 6.72. The number of hydrogen-bond donors (Lipinski definition) is 0. The van der Waals surface area contributed by atoms with E-state index >= 15 is 0 Å². The van der Waals surface area contributed by atoms with Gasteiger partial charge < -0.3 is 0 Å². The molecule has 0 aromatic heterocycles. The van der Waals surface area contributed by atoms with Gasteiger partial charge in [0.25, 0.3) is 0 Å². The fraction of sp³-hybridized carbons (Fsp3) is 0.526. The Hall–Kier alpha value is -1.41. The monoisotopic (exact) mass is 283 g/mol. The summed E-state index contributed by atoms with van der Waals surface area (Å²) < 4.78 is 0. The minimum atomic E-state index is -0.181. The molecule has 3 rings (SSSR count). The van der Waals surface area contributed by atoms with Gasteiger partial charge in [-0.2, -0.15) is 0 Å². The first-order chi connectivity index (χ1) is 10.2. The molecule has 1 saturated carbocycles. The number of likely N-dealkylation sites (tertiary alicyclic amines) is 1. The van der Waals surface area contributed by atoms with Crippen molar-refractivity contribution in [2.75, 3.05) is 6.54 Å². The summed E-state index contributed by atoms with van der Waals surface area (Å²) in [6.45, 7) is 7.00. The number of fused-ring (bicyclic) bond motifs is 1. The molecule has 0 bridgehead atoms. The van der Waals surface area contributed by atoms with Crippen LogP contribution in [0.5, 0.6) is 0 Å². The zero-order valence-electron chi connectivity index (χ0n) is 12.9. The van der Waals surface area contributed by atoms with E-state index in [-0.39, 0.29) is 5.41 Å².